The topological polar surface area (TPSA) is 58.2 Å². The van der Waals surface area contributed by atoms with Gasteiger partial charge in [-0.05, 0) is 67.7 Å². The van der Waals surface area contributed by atoms with Crippen molar-refractivity contribution in [3.63, 3.8) is 0 Å². The Hall–Kier alpha value is -1.84. The summed E-state index contributed by atoms with van der Waals surface area (Å²) in [4.78, 5) is 23.1. The van der Waals surface area contributed by atoms with Crippen LogP contribution in [-0.2, 0) is 4.79 Å². The van der Waals surface area contributed by atoms with E-state index in [1.54, 1.807) is 24.3 Å². The first-order chi connectivity index (χ1) is 10.6. The number of carbonyl (C=O) groups is 2. The number of amides is 2. The molecule has 0 aliphatic heterocycles. The van der Waals surface area contributed by atoms with E-state index in [1.165, 1.54) is 32.6 Å². The van der Waals surface area contributed by atoms with Crippen molar-refractivity contribution in [2.45, 2.75) is 39.0 Å². The number of hydrogen-bond donors (Lipinski definition) is 2. The number of rotatable bonds is 5. The van der Waals surface area contributed by atoms with Crippen molar-refractivity contribution >= 4 is 17.5 Å². The van der Waals surface area contributed by atoms with Crippen molar-refractivity contribution in [2.24, 2.45) is 17.8 Å². The SMILES string of the molecule is CC(=O)Nc1ccc(C(=O)NCCC2CC3CCC2C3)cc1. The average Bonchev–Trinajstić information content (AvgIpc) is 3.10. The molecule has 3 rings (SSSR count). The van der Waals surface area contributed by atoms with Gasteiger partial charge in [0.15, 0.2) is 0 Å². The molecule has 1 aromatic carbocycles. The molecule has 118 valence electrons. The van der Waals surface area contributed by atoms with Gasteiger partial charge in [-0.25, -0.2) is 0 Å². The van der Waals surface area contributed by atoms with Crippen LogP contribution < -0.4 is 10.6 Å². The third-order valence-corrected chi connectivity index (χ3v) is 5.15. The van der Waals surface area contributed by atoms with Crippen molar-refractivity contribution in [2.75, 3.05) is 11.9 Å². The van der Waals surface area contributed by atoms with Crippen LogP contribution in [0.25, 0.3) is 0 Å². The molecule has 2 bridgehead atoms. The lowest BCUT2D eigenvalue weighted by molar-refractivity contribution is -0.114. The molecule has 2 aliphatic carbocycles. The van der Waals surface area contributed by atoms with E-state index in [0.29, 0.717) is 11.3 Å². The predicted octanol–water partition coefficient (Wildman–Crippen LogP) is 3.20. The first kappa shape index (κ1) is 15.1. The Morgan fingerprint density at radius 2 is 1.91 bits per heavy atom. The maximum Gasteiger partial charge on any atom is 0.251 e. The second-order valence-corrected chi connectivity index (χ2v) is 6.74. The van der Waals surface area contributed by atoms with Gasteiger partial charge < -0.3 is 10.6 Å². The van der Waals surface area contributed by atoms with Gasteiger partial charge in [0.1, 0.15) is 0 Å². The van der Waals surface area contributed by atoms with E-state index in [1.807, 2.05) is 0 Å². The third kappa shape index (κ3) is 3.49. The van der Waals surface area contributed by atoms with E-state index in [4.69, 9.17) is 0 Å². The largest absolute Gasteiger partial charge is 0.352 e. The fourth-order valence-electron chi connectivity index (χ4n) is 4.11. The smallest absolute Gasteiger partial charge is 0.251 e. The van der Waals surface area contributed by atoms with Crippen LogP contribution in [0.4, 0.5) is 5.69 Å². The number of benzene rings is 1. The number of hydrogen-bond acceptors (Lipinski definition) is 2. The van der Waals surface area contributed by atoms with E-state index in [-0.39, 0.29) is 11.8 Å². The minimum absolute atomic E-state index is 0.0301. The maximum atomic E-state index is 12.1. The quantitative estimate of drug-likeness (QED) is 0.877. The fraction of sp³-hybridized carbons (Fsp3) is 0.556. The molecule has 0 radical (unpaired) electrons. The van der Waals surface area contributed by atoms with Crippen LogP contribution in [0.15, 0.2) is 24.3 Å². The summed E-state index contributed by atoms with van der Waals surface area (Å²) in [5.74, 6) is 2.56. The van der Waals surface area contributed by atoms with Gasteiger partial charge >= 0.3 is 0 Å². The molecule has 0 heterocycles. The van der Waals surface area contributed by atoms with Crippen molar-refractivity contribution in [3.8, 4) is 0 Å². The molecular formula is C18H24N2O2. The number of anilines is 1. The minimum Gasteiger partial charge on any atom is -0.352 e. The molecule has 2 saturated carbocycles. The predicted molar refractivity (Wildman–Crippen MR) is 86.6 cm³/mol. The van der Waals surface area contributed by atoms with Gasteiger partial charge in [-0.1, -0.05) is 6.42 Å². The van der Waals surface area contributed by atoms with Crippen LogP contribution in [0, 0.1) is 17.8 Å². The monoisotopic (exact) mass is 300 g/mol. The van der Waals surface area contributed by atoms with Crippen molar-refractivity contribution < 1.29 is 9.59 Å². The van der Waals surface area contributed by atoms with Crippen LogP contribution in [0.1, 0.15) is 49.4 Å². The number of carbonyl (C=O) groups excluding carboxylic acids is 2. The van der Waals surface area contributed by atoms with Gasteiger partial charge in [0, 0.05) is 24.7 Å². The Balaban J connectivity index is 1.44. The summed E-state index contributed by atoms with van der Waals surface area (Å²) in [5, 5.41) is 5.72. The van der Waals surface area contributed by atoms with Crippen LogP contribution in [0.3, 0.4) is 0 Å². The summed E-state index contributed by atoms with van der Waals surface area (Å²) in [7, 11) is 0. The molecule has 0 aromatic heterocycles. The normalized spacial score (nSPS) is 26.0. The third-order valence-electron chi connectivity index (χ3n) is 5.15. The molecule has 0 saturated heterocycles. The first-order valence-corrected chi connectivity index (χ1v) is 8.27. The molecule has 2 amide bonds. The Morgan fingerprint density at radius 3 is 2.50 bits per heavy atom. The van der Waals surface area contributed by atoms with Gasteiger partial charge in [-0.15, -0.1) is 0 Å². The van der Waals surface area contributed by atoms with Gasteiger partial charge in [0.05, 0.1) is 0 Å². The van der Waals surface area contributed by atoms with E-state index in [2.05, 4.69) is 10.6 Å². The lowest BCUT2D eigenvalue weighted by atomic mass is 9.86. The van der Waals surface area contributed by atoms with Crippen molar-refractivity contribution in [1.29, 1.82) is 0 Å². The van der Waals surface area contributed by atoms with Crippen LogP contribution in [0.5, 0.6) is 0 Å². The summed E-state index contributed by atoms with van der Waals surface area (Å²) in [6.45, 7) is 2.23. The lowest BCUT2D eigenvalue weighted by Gasteiger charge is -2.21. The molecule has 0 spiro atoms. The molecular weight excluding hydrogens is 276 g/mol. The summed E-state index contributed by atoms with van der Waals surface area (Å²) >= 11 is 0. The molecule has 4 heteroatoms. The van der Waals surface area contributed by atoms with Gasteiger partial charge in [-0.3, -0.25) is 9.59 Å². The highest BCUT2D eigenvalue weighted by atomic mass is 16.2. The highest BCUT2D eigenvalue weighted by molar-refractivity contribution is 5.95. The Bertz CT molecular complexity index is 553. The van der Waals surface area contributed by atoms with Crippen molar-refractivity contribution in [3.05, 3.63) is 29.8 Å². The van der Waals surface area contributed by atoms with Crippen LogP contribution in [-0.4, -0.2) is 18.4 Å². The Morgan fingerprint density at radius 1 is 1.14 bits per heavy atom. The molecule has 1 aromatic rings. The molecule has 3 unspecified atom stereocenters. The van der Waals surface area contributed by atoms with E-state index in [9.17, 15) is 9.59 Å². The highest BCUT2D eigenvalue weighted by Gasteiger charge is 2.38. The summed E-state index contributed by atoms with van der Waals surface area (Å²) in [5.41, 5.74) is 1.35. The zero-order valence-corrected chi connectivity index (χ0v) is 13.1. The first-order valence-electron chi connectivity index (χ1n) is 8.27. The lowest BCUT2D eigenvalue weighted by Crippen LogP contribution is -2.27. The van der Waals surface area contributed by atoms with Gasteiger partial charge in [0.2, 0.25) is 5.91 Å². The zero-order valence-electron chi connectivity index (χ0n) is 13.1. The Kier molecular flexibility index (Phi) is 4.46. The Labute approximate surface area is 131 Å². The van der Waals surface area contributed by atoms with E-state index < -0.39 is 0 Å². The van der Waals surface area contributed by atoms with Crippen molar-refractivity contribution in [1.82, 2.24) is 5.32 Å². The summed E-state index contributed by atoms with van der Waals surface area (Å²) in [6.07, 6.45) is 6.72. The van der Waals surface area contributed by atoms with Crippen LogP contribution in [0.2, 0.25) is 0 Å². The fourth-order valence-corrected chi connectivity index (χ4v) is 4.11. The maximum absolute atomic E-state index is 12.1. The molecule has 22 heavy (non-hydrogen) atoms. The zero-order chi connectivity index (χ0) is 15.5. The molecule has 2 fully saturated rings. The molecule has 2 N–H and O–H groups in total. The molecule has 3 atom stereocenters. The second kappa shape index (κ2) is 6.51. The van der Waals surface area contributed by atoms with Gasteiger partial charge in [0.25, 0.3) is 5.91 Å². The van der Waals surface area contributed by atoms with E-state index >= 15 is 0 Å². The van der Waals surface area contributed by atoms with Gasteiger partial charge in [-0.2, -0.15) is 0 Å². The molecule has 2 aliphatic rings. The highest BCUT2D eigenvalue weighted by Crippen LogP contribution is 2.49. The van der Waals surface area contributed by atoms with Crippen LogP contribution >= 0.6 is 0 Å². The average molecular weight is 300 g/mol. The number of fused-ring (bicyclic) bond motifs is 2. The summed E-state index contributed by atoms with van der Waals surface area (Å²) < 4.78 is 0. The second-order valence-electron chi connectivity index (χ2n) is 6.74. The molecule has 4 nitrogen and oxygen atoms in total. The number of nitrogens with one attached hydrogen (secondary N) is 2. The minimum atomic E-state index is -0.108. The standard InChI is InChI=1S/C18H24N2O2/c1-12(21)20-17-6-4-14(5-7-17)18(22)19-9-8-16-11-13-2-3-15(16)10-13/h4-7,13,15-16H,2-3,8-11H2,1H3,(H,19,22)(H,20,21). The van der Waals surface area contributed by atoms with E-state index in [0.717, 1.165) is 30.7 Å². The summed E-state index contributed by atoms with van der Waals surface area (Å²) in [6, 6.07) is 7.01.